The van der Waals surface area contributed by atoms with E-state index in [1.54, 1.807) is 0 Å². The first kappa shape index (κ1) is 9.64. The Labute approximate surface area is 94.9 Å². The third-order valence-electron chi connectivity index (χ3n) is 3.69. The summed E-state index contributed by atoms with van der Waals surface area (Å²) < 4.78 is 2.04. The molecule has 0 N–H and O–H groups in total. The Bertz CT molecular complexity index is 575. The zero-order valence-electron chi connectivity index (χ0n) is 9.66. The van der Waals surface area contributed by atoms with Gasteiger partial charge in [0.25, 0.3) is 0 Å². The molecule has 0 radical (unpaired) electrons. The second-order valence-corrected chi connectivity index (χ2v) is 5.06. The van der Waals surface area contributed by atoms with Crippen molar-refractivity contribution in [1.82, 2.24) is 4.57 Å². The summed E-state index contributed by atoms with van der Waals surface area (Å²) in [6.07, 6.45) is 4.04. The van der Waals surface area contributed by atoms with Crippen LogP contribution in [0.25, 0.3) is 10.9 Å². The molecule has 1 aliphatic rings. The largest absolute Gasteiger partial charge is 0.350 e. The van der Waals surface area contributed by atoms with E-state index in [2.05, 4.69) is 13.0 Å². The molecule has 3 rings (SSSR count). The maximum absolute atomic E-state index is 12.3. The highest BCUT2D eigenvalue weighted by molar-refractivity contribution is 6.11. The zero-order valence-corrected chi connectivity index (χ0v) is 9.66. The van der Waals surface area contributed by atoms with Gasteiger partial charge in [0, 0.05) is 35.1 Å². The number of fused-ring (bicyclic) bond motifs is 1. The SMILES string of the molecule is Cn1cc(C(=O)C2(C)CC2)c2ccccc21. The minimum absolute atomic E-state index is 0.0792. The molecule has 1 aliphatic carbocycles. The number of hydrogen-bond acceptors (Lipinski definition) is 1. The molecule has 1 aromatic heterocycles. The Kier molecular flexibility index (Phi) is 1.79. The average Bonchev–Trinajstić information content (AvgIpc) is 2.96. The van der Waals surface area contributed by atoms with E-state index in [-0.39, 0.29) is 5.41 Å². The van der Waals surface area contributed by atoms with Crippen molar-refractivity contribution in [3.63, 3.8) is 0 Å². The number of hydrogen-bond donors (Lipinski definition) is 0. The molecule has 0 spiro atoms. The topological polar surface area (TPSA) is 22.0 Å². The number of ketones is 1. The first-order valence-electron chi connectivity index (χ1n) is 5.71. The second kappa shape index (κ2) is 2.97. The number of para-hydroxylation sites is 1. The fourth-order valence-corrected chi connectivity index (χ4v) is 2.26. The van der Waals surface area contributed by atoms with E-state index >= 15 is 0 Å². The van der Waals surface area contributed by atoms with Crippen LogP contribution in [0.1, 0.15) is 30.1 Å². The van der Waals surface area contributed by atoms with Gasteiger partial charge in [-0.15, -0.1) is 0 Å². The van der Waals surface area contributed by atoms with Gasteiger partial charge in [-0.1, -0.05) is 25.1 Å². The molecule has 2 heteroatoms. The molecular weight excluding hydrogens is 198 g/mol. The van der Waals surface area contributed by atoms with Crippen LogP contribution in [-0.4, -0.2) is 10.4 Å². The standard InChI is InChI=1S/C14H15NO/c1-14(7-8-14)13(16)11-9-15(2)12-6-4-3-5-10(11)12/h3-6,9H,7-8H2,1-2H3. The maximum Gasteiger partial charge on any atom is 0.170 e. The van der Waals surface area contributed by atoms with Crippen LogP contribution in [0.2, 0.25) is 0 Å². The monoisotopic (exact) mass is 213 g/mol. The van der Waals surface area contributed by atoms with E-state index in [1.165, 1.54) is 0 Å². The molecule has 16 heavy (non-hydrogen) atoms. The molecule has 0 atom stereocenters. The highest BCUT2D eigenvalue weighted by Gasteiger charge is 2.45. The number of aromatic nitrogens is 1. The number of rotatable bonds is 2. The van der Waals surface area contributed by atoms with Crippen molar-refractivity contribution in [2.45, 2.75) is 19.8 Å². The summed E-state index contributed by atoms with van der Waals surface area (Å²) in [4.78, 5) is 12.3. The van der Waals surface area contributed by atoms with Gasteiger partial charge in [0.2, 0.25) is 0 Å². The van der Waals surface area contributed by atoms with Crippen molar-refractivity contribution in [2.75, 3.05) is 0 Å². The third-order valence-corrected chi connectivity index (χ3v) is 3.69. The van der Waals surface area contributed by atoms with Gasteiger partial charge in [-0.2, -0.15) is 0 Å². The molecule has 0 aliphatic heterocycles. The summed E-state index contributed by atoms with van der Waals surface area (Å²) in [7, 11) is 1.99. The van der Waals surface area contributed by atoms with E-state index in [0.717, 1.165) is 29.3 Å². The van der Waals surface area contributed by atoms with Gasteiger partial charge in [0.1, 0.15) is 0 Å². The lowest BCUT2D eigenvalue weighted by atomic mass is 9.96. The molecule has 1 aromatic carbocycles. The van der Waals surface area contributed by atoms with Crippen LogP contribution in [0.3, 0.4) is 0 Å². The molecule has 0 amide bonds. The number of Topliss-reactive ketones (excluding diaryl/α,β-unsaturated/α-hetero) is 1. The first-order chi connectivity index (χ1) is 7.62. The van der Waals surface area contributed by atoms with E-state index in [9.17, 15) is 4.79 Å². The highest BCUT2D eigenvalue weighted by Crippen LogP contribution is 2.48. The molecule has 0 bridgehead atoms. The van der Waals surface area contributed by atoms with Crippen LogP contribution in [0.15, 0.2) is 30.5 Å². The lowest BCUT2D eigenvalue weighted by molar-refractivity contribution is 0.0914. The summed E-state index contributed by atoms with van der Waals surface area (Å²) in [6.45, 7) is 2.07. The summed E-state index contributed by atoms with van der Waals surface area (Å²) in [5.41, 5.74) is 1.94. The molecule has 2 aromatic rings. The lowest BCUT2D eigenvalue weighted by Crippen LogP contribution is -2.11. The summed E-state index contributed by atoms with van der Waals surface area (Å²) in [6, 6.07) is 8.10. The number of carbonyl (C=O) groups is 1. The number of benzene rings is 1. The summed E-state index contributed by atoms with van der Waals surface area (Å²) in [5.74, 6) is 0.310. The molecule has 82 valence electrons. The normalized spacial score (nSPS) is 17.6. The van der Waals surface area contributed by atoms with Gasteiger partial charge in [-0.25, -0.2) is 0 Å². The number of carbonyl (C=O) groups excluding carboxylic acids is 1. The van der Waals surface area contributed by atoms with Gasteiger partial charge in [0.15, 0.2) is 5.78 Å². The first-order valence-corrected chi connectivity index (χ1v) is 5.71. The van der Waals surface area contributed by atoms with Crippen molar-refractivity contribution in [1.29, 1.82) is 0 Å². The predicted molar refractivity (Wildman–Crippen MR) is 64.6 cm³/mol. The van der Waals surface area contributed by atoms with Crippen LogP contribution in [-0.2, 0) is 7.05 Å². The van der Waals surface area contributed by atoms with E-state index in [4.69, 9.17) is 0 Å². The molecule has 0 unspecified atom stereocenters. The van der Waals surface area contributed by atoms with Crippen molar-refractivity contribution in [3.8, 4) is 0 Å². The van der Waals surface area contributed by atoms with Crippen LogP contribution in [0.4, 0.5) is 0 Å². The molecular formula is C14H15NO. The van der Waals surface area contributed by atoms with Gasteiger partial charge in [0.05, 0.1) is 0 Å². The van der Waals surface area contributed by atoms with E-state index < -0.39 is 0 Å². The van der Waals surface area contributed by atoms with Crippen LogP contribution >= 0.6 is 0 Å². The van der Waals surface area contributed by atoms with Crippen molar-refractivity contribution >= 4 is 16.7 Å². The molecule has 1 saturated carbocycles. The average molecular weight is 213 g/mol. The zero-order chi connectivity index (χ0) is 11.3. The summed E-state index contributed by atoms with van der Waals surface area (Å²) >= 11 is 0. The summed E-state index contributed by atoms with van der Waals surface area (Å²) in [5, 5.41) is 1.09. The minimum atomic E-state index is -0.0792. The Balaban J connectivity index is 2.21. The van der Waals surface area contributed by atoms with Crippen LogP contribution in [0.5, 0.6) is 0 Å². The van der Waals surface area contributed by atoms with Crippen LogP contribution in [0, 0.1) is 5.41 Å². The molecule has 2 nitrogen and oxygen atoms in total. The Morgan fingerprint density at radius 1 is 1.31 bits per heavy atom. The van der Waals surface area contributed by atoms with Gasteiger partial charge >= 0.3 is 0 Å². The van der Waals surface area contributed by atoms with Gasteiger partial charge in [-0.3, -0.25) is 4.79 Å². The van der Waals surface area contributed by atoms with E-state index in [1.807, 2.05) is 36.0 Å². The Morgan fingerprint density at radius 2 is 2.00 bits per heavy atom. The Morgan fingerprint density at radius 3 is 2.69 bits per heavy atom. The van der Waals surface area contributed by atoms with Gasteiger partial charge < -0.3 is 4.57 Å². The van der Waals surface area contributed by atoms with Crippen molar-refractivity contribution in [3.05, 3.63) is 36.0 Å². The quantitative estimate of drug-likeness (QED) is 0.702. The number of nitrogens with zero attached hydrogens (tertiary/aromatic N) is 1. The smallest absolute Gasteiger partial charge is 0.170 e. The second-order valence-electron chi connectivity index (χ2n) is 5.06. The Hall–Kier alpha value is -1.57. The van der Waals surface area contributed by atoms with Gasteiger partial charge in [-0.05, 0) is 18.9 Å². The predicted octanol–water partition coefficient (Wildman–Crippen LogP) is 3.16. The fraction of sp³-hybridized carbons (Fsp3) is 0.357. The molecule has 1 heterocycles. The lowest BCUT2D eigenvalue weighted by Gasteiger charge is -2.04. The minimum Gasteiger partial charge on any atom is -0.350 e. The van der Waals surface area contributed by atoms with Crippen molar-refractivity contribution in [2.24, 2.45) is 12.5 Å². The highest BCUT2D eigenvalue weighted by atomic mass is 16.1. The molecule has 1 fully saturated rings. The number of aryl methyl sites for hydroxylation is 1. The maximum atomic E-state index is 12.3. The van der Waals surface area contributed by atoms with E-state index in [0.29, 0.717) is 5.78 Å². The molecule has 0 saturated heterocycles. The van der Waals surface area contributed by atoms with Crippen molar-refractivity contribution < 1.29 is 4.79 Å². The fourth-order valence-electron chi connectivity index (χ4n) is 2.26. The van der Waals surface area contributed by atoms with Crippen LogP contribution < -0.4 is 0 Å². The third kappa shape index (κ3) is 1.22.